The lowest BCUT2D eigenvalue weighted by Crippen LogP contribution is -2.16. The molecule has 0 spiro atoms. The molecule has 108 valence electrons. The topological polar surface area (TPSA) is 47.3 Å². The maximum absolute atomic E-state index is 10.4. The normalized spacial score (nSPS) is 18.7. The number of hydrogen-bond donors (Lipinski definition) is 1. The minimum absolute atomic E-state index is 0.519. The summed E-state index contributed by atoms with van der Waals surface area (Å²) in [6, 6.07) is 0. The first-order chi connectivity index (χ1) is 9.22. The minimum atomic E-state index is -0.519. The van der Waals surface area contributed by atoms with Crippen molar-refractivity contribution in [1.82, 2.24) is 9.78 Å². The fourth-order valence-electron chi connectivity index (χ4n) is 2.91. The molecule has 2 rings (SSSR count). The zero-order valence-corrected chi connectivity index (χ0v) is 12.3. The van der Waals surface area contributed by atoms with E-state index in [1.54, 1.807) is 18.0 Å². The lowest BCUT2D eigenvalue weighted by atomic mass is 9.85. The largest absolute Gasteiger partial charge is 0.387 e. The van der Waals surface area contributed by atoms with Gasteiger partial charge in [0.25, 0.3) is 0 Å². The first-order valence-corrected chi connectivity index (χ1v) is 7.48. The van der Waals surface area contributed by atoms with Gasteiger partial charge in [-0.3, -0.25) is 4.68 Å². The second-order valence-corrected chi connectivity index (χ2v) is 5.76. The first kappa shape index (κ1) is 14.8. The summed E-state index contributed by atoms with van der Waals surface area (Å²) in [6.07, 6.45) is 8.23. The van der Waals surface area contributed by atoms with E-state index in [9.17, 15) is 5.11 Å². The molecule has 4 nitrogen and oxygen atoms in total. The fourth-order valence-corrected chi connectivity index (χ4v) is 3.18. The zero-order chi connectivity index (χ0) is 13.7. The third-order valence-corrected chi connectivity index (χ3v) is 4.23. The Kier molecular flexibility index (Phi) is 5.67. The Morgan fingerprint density at radius 2 is 2.21 bits per heavy atom. The van der Waals surface area contributed by atoms with Crippen molar-refractivity contribution in [3.05, 3.63) is 16.9 Å². The molecule has 0 radical (unpaired) electrons. The van der Waals surface area contributed by atoms with E-state index in [-0.39, 0.29) is 0 Å². The summed E-state index contributed by atoms with van der Waals surface area (Å²) in [5.74, 6) is 0.616. The number of hydrogen-bond acceptors (Lipinski definition) is 3. The number of aliphatic hydroxyl groups excluding tert-OH is 1. The average Bonchev–Trinajstić information content (AvgIpc) is 2.78. The highest BCUT2D eigenvalue weighted by Gasteiger charge is 2.23. The van der Waals surface area contributed by atoms with Crippen LogP contribution in [-0.2, 0) is 11.3 Å². The van der Waals surface area contributed by atoms with Crippen LogP contribution in [0.4, 0.5) is 0 Å². The number of nitrogens with zero attached hydrogens (tertiary/aromatic N) is 2. The average molecular weight is 287 g/mol. The molecule has 1 fully saturated rings. The highest BCUT2D eigenvalue weighted by atomic mass is 35.5. The molecular weight excluding hydrogens is 264 g/mol. The number of aliphatic hydroxyl groups is 1. The van der Waals surface area contributed by atoms with Crippen molar-refractivity contribution in [1.29, 1.82) is 0 Å². The Balaban J connectivity index is 2.00. The summed E-state index contributed by atoms with van der Waals surface area (Å²) in [6.45, 7) is 1.20. The van der Waals surface area contributed by atoms with Crippen LogP contribution in [0.15, 0.2) is 6.20 Å². The summed E-state index contributed by atoms with van der Waals surface area (Å²) in [5, 5.41) is 15.2. The maximum atomic E-state index is 10.4. The van der Waals surface area contributed by atoms with Gasteiger partial charge in [0.2, 0.25) is 0 Å². The molecule has 19 heavy (non-hydrogen) atoms. The van der Waals surface area contributed by atoms with E-state index in [4.69, 9.17) is 16.3 Å². The van der Waals surface area contributed by atoms with Crippen LogP contribution in [0.5, 0.6) is 0 Å². The van der Waals surface area contributed by atoms with Crippen molar-refractivity contribution in [2.45, 2.75) is 51.2 Å². The molecule has 0 aromatic carbocycles. The standard InChI is InChI=1S/C14H23ClN2O2/c1-19-8-7-17-14(12(15)10-16-17)13(18)9-11-5-3-2-4-6-11/h10-11,13,18H,2-9H2,1H3. The highest BCUT2D eigenvalue weighted by molar-refractivity contribution is 6.31. The summed E-state index contributed by atoms with van der Waals surface area (Å²) in [5.41, 5.74) is 0.740. The highest BCUT2D eigenvalue weighted by Crippen LogP contribution is 2.33. The molecule has 1 aromatic heterocycles. The lowest BCUT2D eigenvalue weighted by molar-refractivity contribution is 0.118. The van der Waals surface area contributed by atoms with Crippen molar-refractivity contribution < 1.29 is 9.84 Å². The van der Waals surface area contributed by atoms with Gasteiger partial charge in [-0.1, -0.05) is 43.7 Å². The van der Waals surface area contributed by atoms with Gasteiger partial charge < -0.3 is 9.84 Å². The quantitative estimate of drug-likeness (QED) is 0.874. The van der Waals surface area contributed by atoms with E-state index < -0.39 is 6.10 Å². The third-order valence-electron chi connectivity index (χ3n) is 3.94. The molecule has 1 heterocycles. The molecule has 1 saturated carbocycles. The Morgan fingerprint density at radius 1 is 1.47 bits per heavy atom. The van der Waals surface area contributed by atoms with Gasteiger partial charge in [0.1, 0.15) is 0 Å². The lowest BCUT2D eigenvalue weighted by Gasteiger charge is -2.24. The molecular formula is C14H23ClN2O2. The molecule has 1 unspecified atom stereocenters. The summed E-state index contributed by atoms with van der Waals surface area (Å²) >= 11 is 6.15. The fraction of sp³-hybridized carbons (Fsp3) is 0.786. The van der Waals surface area contributed by atoms with Crippen LogP contribution >= 0.6 is 11.6 Å². The van der Waals surface area contributed by atoms with E-state index in [1.165, 1.54) is 32.1 Å². The van der Waals surface area contributed by atoms with Crippen LogP contribution in [0.2, 0.25) is 5.02 Å². The van der Waals surface area contributed by atoms with E-state index in [1.807, 2.05) is 0 Å². The number of halogens is 1. The van der Waals surface area contributed by atoms with E-state index in [0.717, 1.165) is 12.1 Å². The first-order valence-electron chi connectivity index (χ1n) is 7.10. The van der Waals surface area contributed by atoms with Crippen LogP contribution in [0.3, 0.4) is 0 Å². The molecule has 1 aliphatic rings. The van der Waals surface area contributed by atoms with Crippen molar-refractivity contribution >= 4 is 11.6 Å². The Bertz CT molecular complexity index is 389. The SMILES string of the molecule is COCCn1ncc(Cl)c1C(O)CC1CCCCC1. The van der Waals surface area contributed by atoms with Gasteiger partial charge in [0, 0.05) is 7.11 Å². The smallest absolute Gasteiger partial charge is 0.0974 e. The van der Waals surface area contributed by atoms with Crippen LogP contribution in [0, 0.1) is 5.92 Å². The minimum Gasteiger partial charge on any atom is -0.387 e. The van der Waals surface area contributed by atoms with Gasteiger partial charge >= 0.3 is 0 Å². The Hall–Kier alpha value is -0.580. The van der Waals surface area contributed by atoms with Gasteiger partial charge in [-0.05, 0) is 12.3 Å². The summed E-state index contributed by atoms with van der Waals surface area (Å²) in [4.78, 5) is 0. The third kappa shape index (κ3) is 3.94. The predicted octanol–water partition coefficient (Wildman–Crippen LogP) is 3.19. The second kappa shape index (κ2) is 7.27. The van der Waals surface area contributed by atoms with Crippen LogP contribution < -0.4 is 0 Å². The van der Waals surface area contributed by atoms with Crippen molar-refractivity contribution in [2.24, 2.45) is 5.92 Å². The Labute approximate surface area is 119 Å². The van der Waals surface area contributed by atoms with Crippen LogP contribution in [0.1, 0.15) is 50.3 Å². The molecule has 1 aromatic rings. The summed E-state index contributed by atoms with van der Waals surface area (Å²) < 4.78 is 6.82. The van der Waals surface area contributed by atoms with Crippen molar-refractivity contribution in [2.75, 3.05) is 13.7 Å². The number of rotatable bonds is 6. The molecule has 1 atom stereocenters. The number of methoxy groups -OCH3 is 1. The van der Waals surface area contributed by atoms with Crippen molar-refractivity contribution in [3.63, 3.8) is 0 Å². The molecule has 0 amide bonds. The van der Waals surface area contributed by atoms with Gasteiger partial charge in [-0.25, -0.2) is 0 Å². The van der Waals surface area contributed by atoms with Crippen LogP contribution in [0.25, 0.3) is 0 Å². The summed E-state index contributed by atoms with van der Waals surface area (Å²) in [7, 11) is 1.66. The zero-order valence-electron chi connectivity index (χ0n) is 11.5. The van der Waals surface area contributed by atoms with Gasteiger partial charge in [0.05, 0.1) is 36.2 Å². The van der Waals surface area contributed by atoms with Gasteiger partial charge in [-0.15, -0.1) is 0 Å². The molecule has 0 saturated heterocycles. The van der Waals surface area contributed by atoms with Gasteiger partial charge in [0.15, 0.2) is 0 Å². The molecule has 1 N–H and O–H groups in total. The predicted molar refractivity (Wildman–Crippen MR) is 75.3 cm³/mol. The van der Waals surface area contributed by atoms with E-state index >= 15 is 0 Å². The molecule has 0 bridgehead atoms. The van der Waals surface area contributed by atoms with Crippen LogP contribution in [-0.4, -0.2) is 28.6 Å². The van der Waals surface area contributed by atoms with E-state index in [2.05, 4.69) is 5.10 Å². The second-order valence-electron chi connectivity index (χ2n) is 5.35. The number of ether oxygens (including phenoxy) is 1. The van der Waals surface area contributed by atoms with Gasteiger partial charge in [-0.2, -0.15) is 5.10 Å². The monoisotopic (exact) mass is 286 g/mol. The maximum Gasteiger partial charge on any atom is 0.0974 e. The molecule has 1 aliphatic carbocycles. The molecule has 5 heteroatoms. The van der Waals surface area contributed by atoms with E-state index in [0.29, 0.717) is 24.1 Å². The van der Waals surface area contributed by atoms with Crippen molar-refractivity contribution in [3.8, 4) is 0 Å². The number of aromatic nitrogens is 2. The Morgan fingerprint density at radius 3 is 2.89 bits per heavy atom. The molecule has 0 aliphatic heterocycles.